The van der Waals surface area contributed by atoms with E-state index in [0.29, 0.717) is 24.4 Å². The highest BCUT2D eigenvalue weighted by Gasteiger charge is 2.29. The molecule has 0 spiro atoms. The van der Waals surface area contributed by atoms with Crippen LogP contribution in [-0.4, -0.2) is 54.5 Å². The van der Waals surface area contributed by atoms with Crippen LogP contribution < -0.4 is 10.2 Å². The zero-order valence-corrected chi connectivity index (χ0v) is 16.3. The smallest absolute Gasteiger partial charge is 0.269 e. The zero-order chi connectivity index (χ0) is 19.4. The maximum absolute atomic E-state index is 12.5. The number of nitro benzene ring substituents is 1. The van der Waals surface area contributed by atoms with E-state index >= 15 is 0 Å². The fourth-order valence-electron chi connectivity index (χ4n) is 4.19. The average molecular weight is 374 g/mol. The Kier molecular flexibility index (Phi) is 6.31. The molecular formula is C20H30N4O3. The molecule has 7 nitrogen and oxygen atoms in total. The largest absolute Gasteiger partial charge is 0.369 e. The van der Waals surface area contributed by atoms with Crippen LogP contribution in [0.4, 0.5) is 11.4 Å². The second-order valence-electron chi connectivity index (χ2n) is 7.98. The number of nitrogens with one attached hydrogen (secondary N) is 1. The Hall–Kier alpha value is -2.15. The summed E-state index contributed by atoms with van der Waals surface area (Å²) in [4.78, 5) is 27.2. The molecule has 0 bridgehead atoms. The van der Waals surface area contributed by atoms with Gasteiger partial charge in [-0.3, -0.25) is 19.8 Å². The molecule has 1 saturated carbocycles. The topological polar surface area (TPSA) is 78.7 Å². The van der Waals surface area contributed by atoms with Crippen molar-refractivity contribution in [2.75, 3.05) is 37.6 Å². The Bertz CT molecular complexity index is 656. The van der Waals surface area contributed by atoms with Crippen LogP contribution in [0.5, 0.6) is 0 Å². The maximum atomic E-state index is 12.5. The van der Waals surface area contributed by atoms with Gasteiger partial charge in [0.15, 0.2) is 0 Å². The van der Waals surface area contributed by atoms with E-state index in [4.69, 9.17) is 0 Å². The monoisotopic (exact) mass is 374 g/mol. The summed E-state index contributed by atoms with van der Waals surface area (Å²) < 4.78 is 0. The summed E-state index contributed by atoms with van der Waals surface area (Å²) in [6, 6.07) is 6.99. The summed E-state index contributed by atoms with van der Waals surface area (Å²) in [5, 5.41) is 14.0. The quantitative estimate of drug-likeness (QED) is 0.633. The van der Waals surface area contributed by atoms with Gasteiger partial charge < -0.3 is 10.2 Å². The molecule has 0 unspecified atom stereocenters. The molecule has 0 aromatic heterocycles. The van der Waals surface area contributed by atoms with Gasteiger partial charge in [0.1, 0.15) is 0 Å². The summed E-state index contributed by atoms with van der Waals surface area (Å²) in [5.41, 5.74) is 1.11. The molecule has 1 amide bonds. The minimum absolute atomic E-state index is 0.111. The number of carbonyl (C=O) groups excluding carboxylic acids is 1. The number of anilines is 1. The van der Waals surface area contributed by atoms with Gasteiger partial charge in [-0.05, 0) is 30.4 Å². The highest BCUT2D eigenvalue weighted by atomic mass is 16.6. The molecule has 1 N–H and O–H groups in total. The van der Waals surface area contributed by atoms with Crippen molar-refractivity contribution in [2.45, 2.75) is 39.2 Å². The standard InChI is InChI=1S/C20H30N4O3/c1-15-4-3-5-19(16(15)2)21-20(25)14-22-10-12-23(13-11-22)17-6-8-18(9-7-17)24(26)27/h6-9,15-16,19H,3-5,10-14H2,1-2H3,(H,21,25)/t15-,16+,19-/m0/s1. The molecule has 2 aliphatic rings. The Morgan fingerprint density at radius 3 is 2.44 bits per heavy atom. The van der Waals surface area contributed by atoms with Gasteiger partial charge in [-0.25, -0.2) is 0 Å². The zero-order valence-electron chi connectivity index (χ0n) is 16.3. The van der Waals surface area contributed by atoms with Gasteiger partial charge in [-0.15, -0.1) is 0 Å². The van der Waals surface area contributed by atoms with Gasteiger partial charge in [0.05, 0.1) is 11.5 Å². The van der Waals surface area contributed by atoms with Crippen LogP contribution in [-0.2, 0) is 4.79 Å². The van der Waals surface area contributed by atoms with Crippen molar-refractivity contribution in [2.24, 2.45) is 11.8 Å². The second kappa shape index (κ2) is 8.69. The average Bonchev–Trinajstić information content (AvgIpc) is 2.66. The Morgan fingerprint density at radius 2 is 1.81 bits per heavy atom. The minimum Gasteiger partial charge on any atom is -0.369 e. The number of nitrogens with zero attached hydrogens (tertiary/aromatic N) is 3. The van der Waals surface area contributed by atoms with E-state index in [0.717, 1.165) is 38.3 Å². The Balaban J connectivity index is 1.45. The summed E-state index contributed by atoms with van der Waals surface area (Å²) >= 11 is 0. The first-order valence-corrected chi connectivity index (χ1v) is 9.95. The lowest BCUT2D eigenvalue weighted by atomic mass is 9.78. The van der Waals surface area contributed by atoms with Crippen molar-refractivity contribution in [3.05, 3.63) is 34.4 Å². The van der Waals surface area contributed by atoms with E-state index in [2.05, 4.69) is 29.0 Å². The normalized spacial score (nSPS) is 26.6. The van der Waals surface area contributed by atoms with Crippen molar-refractivity contribution in [3.63, 3.8) is 0 Å². The number of hydrogen-bond acceptors (Lipinski definition) is 5. The molecule has 1 aromatic carbocycles. The molecule has 7 heteroatoms. The van der Waals surface area contributed by atoms with Crippen LogP contribution >= 0.6 is 0 Å². The van der Waals surface area contributed by atoms with E-state index in [-0.39, 0.29) is 16.5 Å². The van der Waals surface area contributed by atoms with Crippen LogP contribution in [0, 0.1) is 22.0 Å². The van der Waals surface area contributed by atoms with Crippen molar-refractivity contribution >= 4 is 17.3 Å². The van der Waals surface area contributed by atoms with Gasteiger partial charge in [0.25, 0.3) is 5.69 Å². The van der Waals surface area contributed by atoms with Gasteiger partial charge >= 0.3 is 0 Å². The molecule has 2 fully saturated rings. The van der Waals surface area contributed by atoms with Crippen molar-refractivity contribution in [3.8, 4) is 0 Å². The molecule has 27 heavy (non-hydrogen) atoms. The first-order valence-electron chi connectivity index (χ1n) is 9.95. The minimum atomic E-state index is -0.381. The summed E-state index contributed by atoms with van der Waals surface area (Å²) in [6.07, 6.45) is 3.55. The molecular weight excluding hydrogens is 344 g/mol. The highest BCUT2D eigenvalue weighted by molar-refractivity contribution is 5.78. The first-order chi connectivity index (χ1) is 12.9. The van der Waals surface area contributed by atoms with Crippen molar-refractivity contribution in [1.29, 1.82) is 0 Å². The van der Waals surface area contributed by atoms with Crippen LogP contribution in [0.1, 0.15) is 33.1 Å². The van der Waals surface area contributed by atoms with Gasteiger partial charge in [0, 0.05) is 50.0 Å². The number of benzene rings is 1. The number of rotatable bonds is 5. The van der Waals surface area contributed by atoms with E-state index in [1.165, 1.54) is 12.8 Å². The Labute approximate surface area is 160 Å². The first kappa shape index (κ1) is 19.6. The van der Waals surface area contributed by atoms with Crippen LogP contribution in [0.2, 0.25) is 0 Å². The SMILES string of the molecule is C[C@H]1[C@@H](NC(=O)CN2CCN(c3ccc([N+](=O)[O-])cc3)CC2)CCC[C@@H]1C. The predicted octanol–water partition coefficient (Wildman–Crippen LogP) is 2.66. The third kappa shape index (κ3) is 4.97. The van der Waals surface area contributed by atoms with Crippen LogP contribution in [0.15, 0.2) is 24.3 Å². The number of hydrogen-bond donors (Lipinski definition) is 1. The molecule has 1 aliphatic carbocycles. The van der Waals surface area contributed by atoms with E-state index in [1.54, 1.807) is 24.3 Å². The molecule has 3 atom stereocenters. The number of piperazine rings is 1. The van der Waals surface area contributed by atoms with Gasteiger partial charge in [0.2, 0.25) is 5.91 Å². The number of amides is 1. The summed E-state index contributed by atoms with van der Waals surface area (Å²) in [5.74, 6) is 1.35. The third-order valence-electron chi connectivity index (χ3n) is 6.22. The van der Waals surface area contributed by atoms with E-state index in [9.17, 15) is 14.9 Å². The molecule has 1 saturated heterocycles. The fourth-order valence-corrected chi connectivity index (χ4v) is 4.19. The van der Waals surface area contributed by atoms with Gasteiger partial charge in [-0.1, -0.05) is 26.7 Å². The molecule has 0 radical (unpaired) electrons. The van der Waals surface area contributed by atoms with Crippen LogP contribution in [0.25, 0.3) is 0 Å². The molecule has 3 rings (SSSR count). The predicted molar refractivity (Wildman–Crippen MR) is 106 cm³/mol. The number of carbonyl (C=O) groups is 1. The summed E-state index contributed by atoms with van der Waals surface area (Å²) in [6.45, 7) is 8.26. The number of nitro groups is 1. The number of non-ortho nitro benzene ring substituents is 1. The molecule has 1 heterocycles. The summed E-state index contributed by atoms with van der Waals surface area (Å²) in [7, 11) is 0. The molecule has 1 aromatic rings. The van der Waals surface area contributed by atoms with E-state index in [1.807, 2.05) is 0 Å². The second-order valence-corrected chi connectivity index (χ2v) is 7.98. The lowest BCUT2D eigenvalue weighted by molar-refractivity contribution is -0.384. The van der Waals surface area contributed by atoms with Crippen LogP contribution in [0.3, 0.4) is 0 Å². The lowest BCUT2D eigenvalue weighted by Crippen LogP contribution is -2.52. The van der Waals surface area contributed by atoms with E-state index < -0.39 is 0 Å². The molecule has 1 aliphatic heterocycles. The fraction of sp³-hybridized carbons (Fsp3) is 0.650. The third-order valence-corrected chi connectivity index (χ3v) is 6.22. The highest BCUT2D eigenvalue weighted by Crippen LogP contribution is 2.29. The molecule has 148 valence electrons. The Morgan fingerprint density at radius 1 is 1.15 bits per heavy atom. The van der Waals surface area contributed by atoms with Gasteiger partial charge in [-0.2, -0.15) is 0 Å². The maximum Gasteiger partial charge on any atom is 0.269 e. The van der Waals surface area contributed by atoms with Crippen molar-refractivity contribution < 1.29 is 9.72 Å². The lowest BCUT2D eigenvalue weighted by Gasteiger charge is -2.37. The van der Waals surface area contributed by atoms with Crippen molar-refractivity contribution in [1.82, 2.24) is 10.2 Å².